The first-order valence-electron chi connectivity index (χ1n) is 5.83. The van der Waals surface area contributed by atoms with Crippen LogP contribution in [0.15, 0.2) is 0 Å². The summed E-state index contributed by atoms with van der Waals surface area (Å²) in [5.41, 5.74) is 1.67. The van der Waals surface area contributed by atoms with Crippen molar-refractivity contribution in [2.75, 3.05) is 13.2 Å². The molecule has 0 radical (unpaired) electrons. The second-order valence-electron chi connectivity index (χ2n) is 3.99. The minimum atomic E-state index is 0.183. The van der Waals surface area contributed by atoms with Crippen molar-refractivity contribution in [3.05, 3.63) is 16.4 Å². The van der Waals surface area contributed by atoms with Gasteiger partial charge in [0.15, 0.2) is 0 Å². The molecule has 0 spiro atoms. The van der Waals surface area contributed by atoms with E-state index in [1.165, 1.54) is 0 Å². The predicted molar refractivity (Wildman–Crippen MR) is 67.4 cm³/mol. The van der Waals surface area contributed by atoms with Gasteiger partial charge >= 0.3 is 0 Å². The molecule has 0 aliphatic rings. The van der Waals surface area contributed by atoms with Crippen molar-refractivity contribution in [3.8, 4) is 0 Å². The molecule has 0 aliphatic carbocycles. The Hall–Kier alpha value is -0.870. The number of ketones is 1. The lowest BCUT2D eigenvalue weighted by Crippen LogP contribution is -2.05. The third-order valence-corrected chi connectivity index (χ3v) is 3.06. The van der Waals surface area contributed by atoms with E-state index in [-0.39, 0.29) is 5.78 Å². The van der Waals surface area contributed by atoms with Crippen molar-refractivity contribution in [2.24, 2.45) is 7.05 Å². The van der Waals surface area contributed by atoms with Crippen LogP contribution >= 0.6 is 11.6 Å². The van der Waals surface area contributed by atoms with Crippen LogP contribution in [-0.2, 0) is 23.0 Å². The molecule has 0 aromatic carbocycles. The largest absolute Gasteiger partial charge is 0.382 e. The molecule has 1 rings (SSSR count). The molecule has 0 N–H and O–H groups in total. The molecule has 0 fully saturated rings. The van der Waals surface area contributed by atoms with Gasteiger partial charge in [0.1, 0.15) is 10.9 Å². The summed E-state index contributed by atoms with van der Waals surface area (Å²) in [6.45, 7) is 5.15. The monoisotopic (exact) mass is 258 g/mol. The SMILES string of the molecule is CCOCCCC(=O)Cc1c(C)nn(C)c1Cl. The first-order chi connectivity index (χ1) is 8.06. The Morgan fingerprint density at radius 3 is 2.76 bits per heavy atom. The minimum absolute atomic E-state index is 0.183. The standard InChI is InChI=1S/C12H19ClN2O2/c1-4-17-7-5-6-10(16)8-11-9(2)14-15(3)12(11)13/h4-8H2,1-3H3. The van der Waals surface area contributed by atoms with E-state index in [1.54, 1.807) is 11.7 Å². The van der Waals surface area contributed by atoms with Crippen molar-refractivity contribution < 1.29 is 9.53 Å². The maximum atomic E-state index is 11.7. The van der Waals surface area contributed by atoms with Crippen LogP contribution in [0.3, 0.4) is 0 Å². The fourth-order valence-electron chi connectivity index (χ4n) is 1.68. The Morgan fingerprint density at radius 1 is 1.53 bits per heavy atom. The van der Waals surface area contributed by atoms with E-state index in [9.17, 15) is 4.79 Å². The average Bonchev–Trinajstić information content (AvgIpc) is 2.52. The van der Waals surface area contributed by atoms with Gasteiger partial charge in [0, 0.05) is 38.7 Å². The summed E-state index contributed by atoms with van der Waals surface area (Å²) >= 11 is 6.07. The molecule has 0 unspecified atom stereocenters. The first-order valence-corrected chi connectivity index (χ1v) is 6.21. The highest BCUT2D eigenvalue weighted by Crippen LogP contribution is 2.19. The van der Waals surface area contributed by atoms with Crippen molar-refractivity contribution in [1.82, 2.24) is 9.78 Å². The summed E-state index contributed by atoms with van der Waals surface area (Å²) in [4.78, 5) is 11.7. The zero-order chi connectivity index (χ0) is 12.8. The lowest BCUT2D eigenvalue weighted by molar-refractivity contribution is -0.118. The zero-order valence-corrected chi connectivity index (χ0v) is 11.4. The summed E-state index contributed by atoms with van der Waals surface area (Å²) in [5.74, 6) is 0.183. The van der Waals surface area contributed by atoms with Crippen molar-refractivity contribution in [3.63, 3.8) is 0 Å². The van der Waals surface area contributed by atoms with E-state index in [1.807, 2.05) is 13.8 Å². The van der Waals surface area contributed by atoms with Gasteiger partial charge in [-0.25, -0.2) is 0 Å². The second kappa shape index (κ2) is 6.77. The number of carbonyl (C=O) groups is 1. The maximum Gasteiger partial charge on any atom is 0.137 e. The Bertz CT molecular complexity index is 388. The topological polar surface area (TPSA) is 44.1 Å². The number of aryl methyl sites for hydroxylation is 2. The number of carbonyl (C=O) groups excluding carboxylic acids is 1. The number of Topliss-reactive ketones (excluding diaryl/α,β-unsaturated/α-hetero) is 1. The number of aromatic nitrogens is 2. The van der Waals surface area contributed by atoms with Gasteiger partial charge in [-0.3, -0.25) is 9.48 Å². The molecule has 0 atom stereocenters. The van der Waals surface area contributed by atoms with Crippen LogP contribution < -0.4 is 0 Å². The second-order valence-corrected chi connectivity index (χ2v) is 4.35. The van der Waals surface area contributed by atoms with Crippen LogP contribution in [0.4, 0.5) is 0 Å². The summed E-state index contributed by atoms with van der Waals surface area (Å²) in [6.07, 6.45) is 1.67. The van der Waals surface area contributed by atoms with Crippen molar-refractivity contribution >= 4 is 17.4 Å². The summed E-state index contributed by atoms with van der Waals surface area (Å²) < 4.78 is 6.79. The van der Waals surface area contributed by atoms with Crippen LogP contribution in [0.2, 0.25) is 5.15 Å². The highest BCUT2D eigenvalue weighted by atomic mass is 35.5. The molecule has 1 heterocycles. The molecule has 4 nitrogen and oxygen atoms in total. The maximum absolute atomic E-state index is 11.7. The number of rotatable bonds is 7. The molecule has 0 saturated carbocycles. The van der Waals surface area contributed by atoms with E-state index in [4.69, 9.17) is 16.3 Å². The number of halogens is 1. The predicted octanol–water partition coefficient (Wildman–Crippen LogP) is 2.31. The molecule has 96 valence electrons. The fourth-order valence-corrected chi connectivity index (χ4v) is 1.92. The van der Waals surface area contributed by atoms with Gasteiger partial charge in [-0.15, -0.1) is 0 Å². The summed E-state index contributed by atoms with van der Waals surface area (Å²) in [5, 5.41) is 4.74. The van der Waals surface area contributed by atoms with Crippen LogP contribution in [0.1, 0.15) is 31.0 Å². The first kappa shape index (κ1) is 14.2. The van der Waals surface area contributed by atoms with Crippen LogP contribution in [0.25, 0.3) is 0 Å². The molecule has 0 saturated heterocycles. The van der Waals surface area contributed by atoms with Gasteiger partial charge in [0.2, 0.25) is 0 Å². The number of ether oxygens (including phenoxy) is 1. The molecule has 1 aromatic heterocycles. The smallest absolute Gasteiger partial charge is 0.137 e. The fraction of sp³-hybridized carbons (Fsp3) is 0.667. The van der Waals surface area contributed by atoms with Gasteiger partial charge < -0.3 is 4.74 Å². The normalized spacial score (nSPS) is 10.8. The number of hydrogen-bond acceptors (Lipinski definition) is 3. The van der Waals surface area contributed by atoms with Gasteiger partial charge in [-0.1, -0.05) is 11.6 Å². The summed E-state index contributed by atoms with van der Waals surface area (Å²) in [7, 11) is 1.78. The Kier molecular flexibility index (Phi) is 5.65. The van der Waals surface area contributed by atoms with Gasteiger partial charge in [0.05, 0.1) is 5.69 Å². The van der Waals surface area contributed by atoms with Gasteiger partial charge in [-0.2, -0.15) is 5.10 Å². The number of hydrogen-bond donors (Lipinski definition) is 0. The third kappa shape index (κ3) is 4.13. The molecule has 1 aromatic rings. The van der Waals surface area contributed by atoms with E-state index >= 15 is 0 Å². The van der Waals surface area contributed by atoms with Crippen LogP contribution in [0, 0.1) is 6.92 Å². The molecule has 0 amide bonds. The molecular weight excluding hydrogens is 240 g/mol. The Morgan fingerprint density at radius 2 is 2.24 bits per heavy atom. The molecule has 5 heteroatoms. The minimum Gasteiger partial charge on any atom is -0.382 e. The quantitative estimate of drug-likeness (QED) is 0.705. The molecular formula is C12H19ClN2O2. The number of nitrogens with zero attached hydrogens (tertiary/aromatic N) is 2. The Labute approximate surface area is 107 Å². The molecule has 0 bridgehead atoms. The average molecular weight is 259 g/mol. The van der Waals surface area contributed by atoms with Crippen LogP contribution in [0.5, 0.6) is 0 Å². The van der Waals surface area contributed by atoms with E-state index in [0.717, 1.165) is 17.7 Å². The van der Waals surface area contributed by atoms with Crippen molar-refractivity contribution in [2.45, 2.75) is 33.1 Å². The van der Waals surface area contributed by atoms with E-state index in [2.05, 4.69) is 5.10 Å². The van der Waals surface area contributed by atoms with E-state index in [0.29, 0.717) is 31.2 Å². The Balaban J connectivity index is 2.45. The molecule has 0 aliphatic heterocycles. The third-order valence-electron chi connectivity index (χ3n) is 2.59. The van der Waals surface area contributed by atoms with Crippen LogP contribution in [-0.4, -0.2) is 28.8 Å². The highest BCUT2D eigenvalue weighted by molar-refractivity contribution is 6.30. The zero-order valence-electron chi connectivity index (χ0n) is 10.6. The van der Waals surface area contributed by atoms with E-state index < -0.39 is 0 Å². The van der Waals surface area contributed by atoms with Crippen molar-refractivity contribution in [1.29, 1.82) is 0 Å². The molecule has 17 heavy (non-hydrogen) atoms. The van der Waals surface area contributed by atoms with Gasteiger partial charge in [-0.05, 0) is 20.3 Å². The van der Waals surface area contributed by atoms with Gasteiger partial charge in [0.25, 0.3) is 0 Å². The lowest BCUT2D eigenvalue weighted by Gasteiger charge is -2.02. The lowest BCUT2D eigenvalue weighted by atomic mass is 10.1. The summed E-state index contributed by atoms with van der Waals surface area (Å²) in [6, 6.07) is 0. The highest BCUT2D eigenvalue weighted by Gasteiger charge is 2.14.